The van der Waals surface area contributed by atoms with Gasteiger partial charge in [0.2, 0.25) is 0 Å². The highest BCUT2D eigenvalue weighted by molar-refractivity contribution is 5.27. The van der Waals surface area contributed by atoms with E-state index in [1.807, 2.05) is 62.6 Å². The predicted molar refractivity (Wildman–Crippen MR) is 88.2 cm³/mol. The molecular formula is C19H25NO. The van der Waals surface area contributed by atoms with Crippen molar-refractivity contribution in [3.05, 3.63) is 71.8 Å². The average Bonchev–Trinajstić information content (AvgIpc) is 2.48. The molecule has 0 spiro atoms. The fourth-order valence-electron chi connectivity index (χ4n) is 2.89. The van der Waals surface area contributed by atoms with E-state index in [0.717, 1.165) is 17.7 Å². The van der Waals surface area contributed by atoms with Crippen LogP contribution >= 0.6 is 0 Å². The maximum atomic E-state index is 11.4. The topological polar surface area (TPSA) is 23.5 Å². The molecule has 2 nitrogen and oxygen atoms in total. The van der Waals surface area contributed by atoms with Crippen molar-refractivity contribution in [3.8, 4) is 0 Å². The molecule has 0 saturated heterocycles. The summed E-state index contributed by atoms with van der Waals surface area (Å²) in [7, 11) is 4.09. The molecule has 2 heteroatoms. The van der Waals surface area contributed by atoms with Gasteiger partial charge in [0.05, 0.1) is 5.60 Å². The van der Waals surface area contributed by atoms with Crippen LogP contribution < -0.4 is 0 Å². The predicted octanol–water partition coefficient (Wildman–Crippen LogP) is 3.31. The standard InChI is InChI=1S/C19H25NO/c1-16(15-20(2)3)19(21,18-12-8-5-9-13-18)14-17-10-6-4-7-11-17/h4-13,16,21H,14-15H2,1-3H3/t16-,19+/m0/s1. The summed E-state index contributed by atoms with van der Waals surface area (Å²) >= 11 is 0. The lowest BCUT2D eigenvalue weighted by Gasteiger charge is -2.36. The molecule has 2 aromatic rings. The van der Waals surface area contributed by atoms with Crippen LogP contribution in [0.3, 0.4) is 0 Å². The molecule has 1 N–H and O–H groups in total. The van der Waals surface area contributed by atoms with Crippen molar-refractivity contribution in [2.24, 2.45) is 5.92 Å². The summed E-state index contributed by atoms with van der Waals surface area (Å²) in [6.07, 6.45) is 0.632. The Morgan fingerprint density at radius 1 is 0.952 bits per heavy atom. The van der Waals surface area contributed by atoms with Gasteiger partial charge >= 0.3 is 0 Å². The van der Waals surface area contributed by atoms with E-state index in [-0.39, 0.29) is 5.92 Å². The van der Waals surface area contributed by atoms with Crippen LogP contribution in [0, 0.1) is 5.92 Å². The van der Waals surface area contributed by atoms with Crippen molar-refractivity contribution in [1.82, 2.24) is 4.90 Å². The number of aliphatic hydroxyl groups is 1. The molecule has 0 heterocycles. The smallest absolute Gasteiger partial charge is 0.0974 e. The van der Waals surface area contributed by atoms with Crippen LogP contribution in [0.2, 0.25) is 0 Å². The fraction of sp³-hybridized carbons (Fsp3) is 0.368. The molecule has 0 unspecified atom stereocenters. The molecule has 0 bridgehead atoms. The Morgan fingerprint density at radius 2 is 1.48 bits per heavy atom. The minimum atomic E-state index is -0.854. The minimum Gasteiger partial charge on any atom is -0.384 e. The summed E-state index contributed by atoms with van der Waals surface area (Å²) in [5, 5.41) is 11.4. The van der Waals surface area contributed by atoms with Crippen LogP contribution in [-0.2, 0) is 12.0 Å². The lowest BCUT2D eigenvalue weighted by Crippen LogP contribution is -2.41. The molecule has 0 radical (unpaired) electrons. The molecule has 0 aliphatic rings. The highest BCUT2D eigenvalue weighted by Gasteiger charge is 2.35. The molecule has 0 aliphatic heterocycles. The largest absolute Gasteiger partial charge is 0.384 e. The van der Waals surface area contributed by atoms with Gasteiger partial charge in [-0.25, -0.2) is 0 Å². The van der Waals surface area contributed by atoms with E-state index < -0.39 is 5.60 Å². The first-order chi connectivity index (χ1) is 10.0. The van der Waals surface area contributed by atoms with Crippen LogP contribution in [0.15, 0.2) is 60.7 Å². The Morgan fingerprint density at radius 3 is 2.00 bits per heavy atom. The summed E-state index contributed by atoms with van der Waals surface area (Å²) in [5.41, 5.74) is 1.30. The number of rotatable bonds is 6. The third-order valence-corrected chi connectivity index (χ3v) is 4.04. The molecule has 0 saturated carbocycles. The lowest BCUT2D eigenvalue weighted by atomic mass is 9.77. The van der Waals surface area contributed by atoms with Gasteiger partial charge in [-0.15, -0.1) is 0 Å². The fourth-order valence-corrected chi connectivity index (χ4v) is 2.89. The van der Waals surface area contributed by atoms with Crippen molar-refractivity contribution >= 4 is 0 Å². The van der Waals surface area contributed by atoms with Gasteiger partial charge in [0.15, 0.2) is 0 Å². The number of hydrogen-bond donors (Lipinski definition) is 1. The van der Waals surface area contributed by atoms with Crippen LogP contribution in [0.25, 0.3) is 0 Å². The molecule has 0 aliphatic carbocycles. The van der Waals surface area contributed by atoms with Crippen LogP contribution in [0.4, 0.5) is 0 Å². The third-order valence-electron chi connectivity index (χ3n) is 4.04. The molecule has 21 heavy (non-hydrogen) atoms. The van der Waals surface area contributed by atoms with Gasteiger partial charge in [-0.05, 0) is 25.2 Å². The minimum absolute atomic E-state index is 0.134. The zero-order valence-electron chi connectivity index (χ0n) is 13.2. The van der Waals surface area contributed by atoms with E-state index in [4.69, 9.17) is 0 Å². The average molecular weight is 283 g/mol. The van der Waals surface area contributed by atoms with Gasteiger partial charge in [-0.3, -0.25) is 0 Å². The summed E-state index contributed by atoms with van der Waals surface area (Å²) in [5.74, 6) is 0.134. The molecule has 2 rings (SSSR count). The highest BCUT2D eigenvalue weighted by Crippen LogP contribution is 2.33. The van der Waals surface area contributed by atoms with Gasteiger partial charge < -0.3 is 10.0 Å². The van der Waals surface area contributed by atoms with Crippen LogP contribution in [-0.4, -0.2) is 30.6 Å². The second-order valence-electron chi connectivity index (χ2n) is 6.12. The van der Waals surface area contributed by atoms with Gasteiger partial charge in [-0.2, -0.15) is 0 Å². The Bertz CT molecular complexity index is 538. The Balaban J connectivity index is 2.34. The Hall–Kier alpha value is -1.64. The van der Waals surface area contributed by atoms with E-state index in [0.29, 0.717) is 6.42 Å². The van der Waals surface area contributed by atoms with E-state index in [1.54, 1.807) is 0 Å². The first-order valence-corrected chi connectivity index (χ1v) is 7.49. The normalized spacial score (nSPS) is 15.7. The van der Waals surface area contributed by atoms with E-state index >= 15 is 0 Å². The van der Waals surface area contributed by atoms with Crippen LogP contribution in [0.5, 0.6) is 0 Å². The summed E-state index contributed by atoms with van der Waals surface area (Å²) in [6.45, 7) is 2.97. The van der Waals surface area contributed by atoms with E-state index in [1.165, 1.54) is 0 Å². The Labute approximate surface area is 128 Å². The van der Waals surface area contributed by atoms with Crippen molar-refractivity contribution in [1.29, 1.82) is 0 Å². The quantitative estimate of drug-likeness (QED) is 0.879. The summed E-state index contributed by atoms with van der Waals surface area (Å²) < 4.78 is 0. The summed E-state index contributed by atoms with van der Waals surface area (Å²) in [6, 6.07) is 20.2. The number of nitrogens with zero attached hydrogens (tertiary/aromatic N) is 1. The maximum absolute atomic E-state index is 11.4. The van der Waals surface area contributed by atoms with E-state index in [9.17, 15) is 5.11 Å². The zero-order valence-corrected chi connectivity index (χ0v) is 13.2. The zero-order chi connectivity index (χ0) is 15.3. The second kappa shape index (κ2) is 6.88. The molecule has 0 amide bonds. The summed E-state index contributed by atoms with van der Waals surface area (Å²) in [4.78, 5) is 2.13. The first kappa shape index (κ1) is 15.7. The van der Waals surface area contributed by atoms with Gasteiger partial charge in [0, 0.05) is 18.9 Å². The molecule has 2 atom stereocenters. The molecule has 2 aromatic carbocycles. The molecule has 0 fully saturated rings. The second-order valence-corrected chi connectivity index (χ2v) is 6.12. The van der Waals surface area contributed by atoms with Gasteiger partial charge in [-0.1, -0.05) is 67.6 Å². The highest BCUT2D eigenvalue weighted by atomic mass is 16.3. The Kier molecular flexibility index (Phi) is 5.16. The van der Waals surface area contributed by atoms with Gasteiger partial charge in [0.1, 0.15) is 0 Å². The van der Waals surface area contributed by atoms with Crippen molar-refractivity contribution in [3.63, 3.8) is 0 Å². The number of benzene rings is 2. The molecule has 0 aromatic heterocycles. The molecule has 112 valence electrons. The van der Waals surface area contributed by atoms with Crippen molar-refractivity contribution < 1.29 is 5.11 Å². The van der Waals surface area contributed by atoms with Crippen molar-refractivity contribution in [2.45, 2.75) is 18.9 Å². The van der Waals surface area contributed by atoms with E-state index in [2.05, 4.69) is 24.0 Å². The maximum Gasteiger partial charge on any atom is 0.0974 e. The third kappa shape index (κ3) is 3.93. The van der Waals surface area contributed by atoms with Gasteiger partial charge in [0.25, 0.3) is 0 Å². The SMILES string of the molecule is C[C@@H](CN(C)C)[C@](O)(Cc1ccccc1)c1ccccc1. The monoisotopic (exact) mass is 283 g/mol. The molecular weight excluding hydrogens is 258 g/mol. The lowest BCUT2D eigenvalue weighted by molar-refractivity contribution is -0.0254. The van der Waals surface area contributed by atoms with Crippen LogP contribution in [0.1, 0.15) is 18.1 Å². The van der Waals surface area contributed by atoms with Crippen molar-refractivity contribution in [2.75, 3.05) is 20.6 Å². The number of hydrogen-bond acceptors (Lipinski definition) is 2. The first-order valence-electron chi connectivity index (χ1n) is 7.49.